The zero-order chi connectivity index (χ0) is 31.9. The van der Waals surface area contributed by atoms with Gasteiger partial charge in [-0.15, -0.1) is 23.1 Å². The molecule has 0 bridgehead atoms. The van der Waals surface area contributed by atoms with Crippen molar-refractivity contribution in [3.63, 3.8) is 0 Å². The molecular formula is C34H28ClFN4O3S2. The van der Waals surface area contributed by atoms with Crippen LogP contribution in [0.15, 0.2) is 83.4 Å². The number of hydrogen-bond donors (Lipinski definition) is 3. The van der Waals surface area contributed by atoms with Crippen LogP contribution in [-0.4, -0.2) is 23.5 Å². The van der Waals surface area contributed by atoms with E-state index < -0.39 is 17.6 Å². The Kier molecular flexibility index (Phi) is 10.4. The summed E-state index contributed by atoms with van der Waals surface area (Å²) < 4.78 is 14.6. The first kappa shape index (κ1) is 32.0. The number of carbonyl (C=O) groups is 3. The minimum atomic E-state index is -0.696. The number of benzene rings is 3. The molecule has 0 saturated heterocycles. The van der Waals surface area contributed by atoms with Gasteiger partial charge in [-0.3, -0.25) is 14.4 Å². The monoisotopic (exact) mass is 658 g/mol. The lowest BCUT2D eigenvalue weighted by molar-refractivity contribution is -0.114. The van der Waals surface area contributed by atoms with E-state index in [-0.39, 0.29) is 27.9 Å². The maximum Gasteiger partial charge on any atom is 0.272 e. The summed E-state index contributed by atoms with van der Waals surface area (Å²) in [6, 6.07) is 21.6. The molecule has 1 atom stereocenters. The Labute approximate surface area is 273 Å². The molecule has 45 heavy (non-hydrogen) atoms. The summed E-state index contributed by atoms with van der Waals surface area (Å²) in [6.45, 7) is 2.19. The van der Waals surface area contributed by atoms with Crippen molar-refractivity contribution in [3.05, 3.63) is 116 Å². The molecule has 1 unspecified atom stereocenters. The average Bonchev–Trinajstić information content (AvgIpc) is 3.37. The topological polar surface area (TPSA) is 111 Å². The maximum absolute atomic E-state index is 14.6. The van der Waals surface area contributed by atoms with Crippen LogP contribution in [0.5, 0.6) is 0 Å². The van der Waals surface area contributed by atoms with Crippen LogP contribution in [0.3, 0.4) is 0 Å². The number of nitrogens with one attached hydrogen (secondary N) is 3. The van der Waals surface area contributed by atoms with Crippen molar-refractivity contribution in [2.24, 2.45) is 5.92 Å². The smallest absolute Gasteiger partial charge is 0.272 e. The fraction of sp³-hybridized carbons (Fsp3) is 0.176. The number of amides is 3. The van der Waals surface area contributed by atoms with Crippen molar-refractivity contribution in [3.8, 4) is 6.07 Å². The molecule has 1 aromatic heterocycles. The molecule has 228 valence electrons. The molecule has 1 aliphatic rings. The largest absolute Gasteiger partial charge is 0.321 e. The van der Waals surface area contributed by atoms with E-state index in [0.717, 1.165) is 24.8 Å². The summed E-state index contributed by atoms with van der Waals surface area (Å²) in [7, 11) is 0. The Morgan fingerprint density at radius 2 is 1.87 bits per heavy atom. The highest BCUT2D eigenvalue weighted by atomic mass is 35.5. The van der Waals surface area contributed by atoms with Gasteiger partial charge in [-0.05, 0) is 79.3 Å². The Morgan fingerprint density at radius 1 is 1.09 bits per heavy atom. The van der Waals surface area contributed by atoms with Gasteiger partial charge in [0.25, 0.3) is 11.8 Å². The number of nitriles is 1. The number of halogens is 2. The number of hydrogen-bond acceptors (Lipinski definition) is 6. The van der Waals surface area contributed by atoms with E-state index in [9.17, 15) is 24.0 Å². The Hall–Kier alpha value is -4.43. The van der Waals surface area contributed by atoms with Gasteiger partial charge in [-0.2, -0.15) is 5.26 Å². The molecule has 0 saturated carbocycles. The van der Waals surface area contributed by atoms with Crippen molar-refractivity contribution in [1.82, 2.24) is 5.32 Å². The Bertz CT molecular complexity index is 1810. The van der Waals surface area contributed by atoms with Crippen molar-refractivity contribution in [2.45, 2.75) is 31.1 Å². The highest BCUT2D eigenvalue weighted by Gasteiger charge is 2.25. The molecule has 3 amide bonds. The van der Waals surface area contributed by atoms with Crippen molar-refractivity contribution >= 4 is 69.2 Å². The molecular weight excluding hydrogens is 631 g/mol. The van der Waals surface area contributed by atoms with Crippen LogP contribution in [0.4, 0.5) is 15.1 Å². The van der Waals surface area contributed by atoms with Gasteiger partial charge in [0.2, 0.25) is 5.91 Å². The standard InChI is InChI=1S/C34H28ClFN4O3S2/c1-20-13-14-24-26(18-37)34(45-30(24)15-20)40-31(41)19-44-23-10-5-9-22(16-23)38-33(43)29(17-25-27(35)11-6-12-28(25)36)39-32(42)21-7-3-2-4-8-21/h2-12,16-17,20H,13-15,19H2,1H3,(H,38,43)(H,39,42)(H,40,41)/b29-17+. The van der Waals surface area contributed by atoms with Crippen molar-refractivity contribution in [2.75, 3.05) is 16.4 Å². The molecule has 1 heterocycles. The minimum Gasteiger partial charge on any atom is -0.321 e. The van der Waals surface area contributed by atoms with E-state index in [2.05, 4.69) is 28.9 Å². The summed E-state index contributed by atoms with van der Waals surface area (Å²) in [4.78, 5) is 41.0. The number of rotatable bonds is 9. The second-order valence-electron chi connectivity index (χ2n) is 10.5. The molecule has 0 radical (unpaired) electrons. The summed E-state index contributed by atoms with van der Waals surface area (Å²) in [6.07, 6.45) is 3.98. The summed E-state index contributed by atoms with van der Waals surface area (Å²) in [5.74, 6) is -1.51. The zero-order valence-corrected chi connectivity index (χ0v) is 26.5. The predicted octanol–water partition coefficient (Wildman–Crippen LogP) is 7.68. The second-order valence-corrected chi connectivity index (χ2v) is 13.1. The number of thioether (sulfide) groups is 1. The molecule has 3 N–H and O–H groups in total. The van der Waals surface area contributed by atoms with Crippen LogP contribution in [0.1, 0.15) is 45.3 Å². The quantitative estimate of drug-likeness (QED) is 0.126. The molecule has 5 rings (SSSR count). The van der Waals surface area contributed by atoms with Gasteiger partial charge in [-0.25, -0.2) is 4.39 Å². The van der Waals surface area contributed by atoms with Gasteiger partial charge in [0.1, 0.15) is 22.6 Å². The van der Waals surface area contributed by atoms with E-state index in [1.807, 2.05) is 0 Å². The van der Waals surface area contributed by atoms with E-state index in [0.29, 0.717) is 32.6 Å². The Balaban J connectivity index is 1.28. The van der Waals surface area contributed by atoms with E-state index in [1.165, 1.54) is 52.3 Å². The molecule has 3 aromatic carbocycles. The van der Waals surface area contributed by atoms with Gasteiger partial charge in [0, 0.05) is 26.6 Å². The summed E-state index contributed by atoms with van der Waals surface area (Å²) in [5.41, 5.74) is 2.06. The third-order valence-corrected chi connectivity index (χ3v) is 9.65. The van der Waals surface area contributed by atoms with E-state index in [1.54, 1.807) is 54.6 Å². The van der Waals surface area contributed by atoms with Crippen molar-refractivity contribution < 1.29 is 18.8 Å². The van der Waals surface area contributed by atoms with Crippen molar-refractivity contribution in [1.29, 1.82) is 5.26 Å². The van der Waals surface area contributed by atoms with Crippen LogP contribution in [-0.2, 0) is 22.4 Å². The average molecular weight is 659 g/mol. The normalized spacial score (nSPS) is 14.2. The fourth-order valence-electron chi connectivity index (χ4n) is 4.87. The van der Waals surface area contributed by atoms with Crippen LogP contribution in [0.25, 0.3) is 6.08 Å². The lowest BCUT2D eigenvalue weighted by Crippen LogP contribution is -2.30. The highest BCUT2D eigenvalue weighted by Crippen LogP contribution is 2.39. The summed E-state index contributed by atoms with van der Waals surface area (Å²) in [5, 5.41) is 18.6. The van der Waals surface area contributed by atoms with E-state index in [4.69, 9.17) is 11.6 Å². The number of anilines is 2. The van der Waals surface area contributed by atoms with Gasteiger partial charge < -0.3 is 16.0 Å². The lowest BCUT2D eigenvalue weighted by atomic mass is 9.89. The SMILES string of the molecule is CC1CCc2c(sc(NC(=O)CSc3cccc(NC(=O)/C(=C\c4c(F)cccc4Cl)NC(=O)c4ccccc4)c3)c2C#N)C1. The first-order chi connectivity index (χ1) is 21.7. The first-order valence-electron chi connectivity index (χ1n) is 14.1. The number of carbonyl (C=O) groups excluding carboxylic acids is 3. The maximum atomic E-state index is 14.6. The van der Waals surface area contributed by atoms with Crippen LogP contribution in [0.2, 0.25) is 5.02 Å². The molecule has 0 aliphatic heterocycles. The predicted molar refractivity (Wildman–Crippen MR) is 178 cm³/mol. The molecule has 0 fully saturated rings. The molecule has 1 aliphatic carbocycles. The third-order valence-electron chi connectivity index (χ3n) is 7.16. The third kappa shape index (κ3) is 8.00. The number of thiophene rings is 1. The Morgan fingerprint density at radius 3 is 2.62 bits per heavy atom. The van der Waals surface area contributed by atoms with Crippen LogP contribution in [0, 0.1) is 23.1 Å². The molecule has 11 heteroatoms. The fourth-order valence-corrected chi connectivity index (χ4v) is 7.22. The zero-order valence-electron chi connectivity index (χ0n) is 24.2. The summed E-state index contributed by atoms with van der Waals surface area (Å²) >= 11 is 8.94. The van der Waals surface area contributed by atoms with Gasteiger partial charge in [0.05, 0.1) is 16.3 Å². The highest BCUT2D eigenvalue weighted by molar-refractivity contribution is 8.00. The molecule has 0 spiro atoms. The van der Waals surface area contributed by atoms with Gasteiger partial charge in [-0.1, -0.05) is 48.9 Å². The minimum absolute atomic E-state index is 0.0475. The second kappa shape index (κ2) is 14.6. The first-order valence-corrected chi connectivity index (χ1v) is 16.3. The molecule has 4 aromatic rings. The van der Waals surface area contributed by atoms with E-state index >= 15 is 0 Å². The molecule has 7 nitrogen and oxygen atoms in total. The van der Waals surface area contributed by atoms with Gasteiger partial charge in [0.15, 0.2) is 0 Å². The van der Waals surface area contributed by atoms with Crippen LogP contribution < -0.4 is 16.0 Å². The lowest BCUT2D eigenvalue weighted by Gasteiger charge is -2.17. The number of nitrogens with zero attached hydrogens (tertiary/aromatic N) is 1. The van der Waals surface area contributed by atoms with Gasteiger partial charge >= 0.3 is 0 Å². The number of fused-ring (bicyclic) bond motifs is 1. The van der Waals surface area contributed by atoms with Crippen LogP contribution >= 0.6 is 34.7 Å².